The first-order chi connectivity index (χ1) is 8.33. The summed E-state index contributed by atoms with van der Waals surface area (Å²) in [5.41, 5.74) is 1.97. The van der Waals surface area contributed by atoms with Gasteiger partial charge in [0.25, 0.3) is 0 Å². The minimum absolute atomic E-state index is 0.629. The molecule has 0 amide bonds. The highest BCUT2D eigenvalue weighted by Gasteiger charge is 2.41. The van der Waals surface area contributed by atoms with Crippen LogP contribution in [0.3, 0.4) is 0 Å². The van der Waals surface area contributed by atoms with E-state index in [-0.39, 0.29) is 0 Å². The molecule has 0 unspecified atom stereocenters. The van der Waals surface area contributed by atoms with E-state index in [1.54, 1.807) is 6.33 Å². The summed E-state index contributed by atoms with van der Waals surface area (Å²) in [6.45, 7) is 0. The molecule has 2 saturated carbocycles. The van der Waals surface area contributed by atoms with Crippen LogP contribution >= 0.6 is 22.6 Å². The van der Waals surface area contributed by atoms with Crippen molar-refractivity contribution in [1.82, 2.24) is 19.5 Å². The Labute approximate surface area is 113 Å². The minimum Gasteiger partial charge on any atom is -0.312 e. The van der Waals surface area contributed by atoms with Gasteiger partial charge in [-0.3, -0.25) is 0 Å². The van der Waals surface area contributed by atoms with Crippen LogP contribution in [0.1, 0.15) is 31.7 Å². The normalized spacial score (nSPS) is 31.5. The highest BCUT2D eigenvalue weighted by Crippen LogP contribution is 2.51. The molecule has 0 N–H and O–H groups in total. The molecule has 3 atom stereocenters. The molecule has 0 spiro atoms. The fraction of sp³-hybridized carbons (Fsp3) is 0.583. The Hall–Kier alpha value is -0.720. The van der Waals surface area contributed by atoms with Crippen LogP contribution in [-0.4, -0.2) is 19.5 Å². The van der Waals surface area contributed by atoms with E-state index >= 15 is 0 Å². The quantitative estimate of drug-likeness (QED) is 0.592. The minimum atomic E-state index is 0.629. The van der Waals surface area contributed by atoms with E-state index in [0.29, 0.717) is 6.04 Å². The molecular weight excluding hydrogens is 327 g/mol. The Kier molecular flexibility index (Phi) is 2.19. The molecule has 17 heavy (non-hydrogen) atoms. The SMILES string of the molecule is Ic1ncnc2c1ncn2[C@@H]1C[C@H]2CC[C@@H]1C2. The van der Waals surface area contributed by atoms with Crippen molar-refractivity contribution in [3.8, 4) is 0 Å². The van der Waals surface area contributed by atoms with Crippen molar-refractivity contribution in [2.75, 3.05) is 0 Å². The summed E-state index contributed by atoms with van der Waals surface area (Å²) in [5, 5.41) is 0. The zero-order chi connectivity index (χ0) is 11.4. The van der Waals surface area contributed by atoms with Gasteiger partial charge in [-0.1, -0.05) is 6.42 Å². The zero-order valence-corrected chi connectivity index (χ0v) is 11.5. The molecular formula is C12H13IN4. The van der Waals surface area contributed by atoms with Gasteiger partial charge in [0, 0.05) is 6.04 Å². The Morgan fingerprint density at radius 1 is 1.18 bits per heavy atom. The Balaban J connectivity index is 1.84. The molecule has 4 nitrogen and oxygen atoms in total. The average molecular weight is 340 g/mol. The van der Waals surface area contributed by atoms with E-state index in [0.717, 1.165) is 26.7 Å². The predicted molar refractivity (Wildman–Crippen MR) is 72.5 cm³/mol. The number of rotatable bonds is 1. The second kappa shape index (κ2) is 3.63. The fourth-order valence-electron chi connectivity index (χ4n) is 3.62. The number of nitrogens with zero attached hydrogens (tertiary/aromatic N) is 4. The highest BCUT2D eigenvalue weighted by molar-refractivity contribution is 14.1. The van der Waals surface area contributed by atoms with E-state index in [2.05, 4.69) is 42.1 Å². The lowest BCUT2D eigenvalue weighted by molar-refractivity contribution is 0.334. The Morgan fingerprint density at radius 2 is 2.12 bits per heavy atom. The maximum Gasteiger partial charge on any atom is 0.164 e. The van der Waals surface area contributed by atoms with Crippen molar-refractivity contribution in [2.45, 2.75) is 31.7 Å². The van der Waals surface area contributed by atoms with Gasteiger partial charge in [-0.15, -0.1) is 0 Å². The third-order valence-electron chi connectivity index (χ3n) is 4.37. The van der Waals surface area contributed by atoms with Gasteiger partial charge in [-0.25, -0.2) is 15.0 Å². The monoisotopic (exact) mass is 340 g/mol. The van der Waals surface area contributed by atoms with Gasteiger partial charge in [0.2, 0.25) is 0 Å². The topological polar surface area (TPSA) is 43.6 Å². The van der Waals surface area contributed by atoms with Crippen LogP contribution < -0.4 is 0 Å². The van der Waals surface area contributed by atoms with Gasteiger partial charge in [0.15, 0.2) is 5.65 Å². The van der Waals surface area contributed by atoms with Crippen molar-refractivity contribution in [3.05, 3.63) is 16.4 Å². The summed E-state index contributed by atoms with van der Waals surface area (Å²) >= 11 is 2.23. The molecule has 2 aromatic heterocycles. The van der Waals surface area contributed by atoms with E-state index in [1.165, 1.54) is 25.7 Å². The van der Waals surface area contributed by atoms with Crippen molar-refractivity contribution < 1.29 is 0 Å². The van der Waals surface area contributed by atoms with E-state index in [4.69, 9.17) is 0 Å². The molecule has 2 aliphatic rings. The number of aromatic nitrogens is 4. The molecule has 2 aliphatic carbocycles. The smallest absolute Gasteiger partial charge is 0.164 e. The second-order valence-electron chi connectivity index (χ2n) is 5.23. The van der Waals surface area contributed by atoms with Crippen LogP contribution in [0.4, 0.5) is 0 Å². The number of imidazole rings is 1. The summed E-state index contributed by atoms with van der Waals surface area (Å²) in [6.07, 6.45) is 9.16. The van der Waals surface area contributed by atoms with Crippen LogP contribution in [0.2, 0.25) is 0 Å². The standard InChI is InChI=1S/C12H13IN4/c13-11-10-12(15-5-14-11)17(6-16-10)9-4-7-1-2-8(9)3-7/h5-9H,1-4H2/t7-,8+,9+/m0/s1. The Morgan fingerprint density at radius 3 is 2.88 bits per heavy atom. The van der Waals surface area contributed by atoms with Crippen molar-refractivity contribution in [2.24, 2.45) is 11.8 Å². The van der Waals surface area contributed by atoms with Crippen molar-refractivity contribution in [1.29, 1.82) is 0 Å². The molecule has 5 heteroatoms. The summed E-state index contributed by atoms with van der Waals surface area (Å²) in [4.78, 5) is 13.1. The summed E-state index contributed by atoms with van der Waals surface area (Å²) in [6, 6.07) is 0.629. The highest BCUT2D eigenvalue weighted by atomic mass is 127. The molecule has 2 heterocycles. The largest absolute Gasteiger partial charge is 0.312 e. The second-order valence-corrected chi connectivity index (χ2v) is 6.25. The summed E-state index contributed by atoms with van der Waals surface area (Å²) in [5.74, 6) is 1.80. The molecule has 2 fully saturated rings. The maximum absolute atomic E-state index is 4.48. The number of hydrogen-bond acceptors (Lipinski definition) is 3. The van der Waals surface area contributed by atoms with Crippen LogP contribution in [0.15, 0.2) is 12.7 Å². The van der Waals surface area contributed by atoms with Crippen molar-refractivity contribution >= 4 is 33.8 Å². The van der Waals surface area contributed by atoms with Gasteiger partial charge in [-0.05, 0) is 53.7 Å². The number of halogens is 1. The number of fused-ring (bicyclic) bond motifs is 3. The van der Waals surface area contributed by atoms with E-state index < -0.39 is 0 Å². The molecule has 0 aliphatic heterocycles. The molecule has 0 radical (unpaired) electrons. The van der Waals surface area contributed by atoms with Gasteiger partial charge in [0.05, 0.1) is 6.33 Å². The van der Waals surface area contributed by atoms with Gasteiger partial charge >= 0.3 is 0 Å². The maximum atomic E-state index is 4.48. The molecule has 2 aromatic rings. The first-order valence-electron chi connectivity index (χ1n) is 6.16. The average Bonchev–Trinajstić information content (AvgIpc) is 3.03. The molecule has 2 bridgehead atoms. The van der Waals surface area contributed by atoms with Gasteiger partial charge in [0.1, 0.15) is 15.5 Å². The summed E-state index contributed by atoms with van der Waals surface area (Å²) in [7, 11) is 0. The lowest BCUT2D eigenvalue weighted by Crippen LogP contribution is -2.15. The van der Waals surface area contributed by atoms with E-state index in [9.17, 15) is 0 Å². The molecule has 88 valence electrons. The molecule has 0 saturated heterocycles. The van der Waals surface area contributed by atoms with Gasteiger partial charge < -0.3 is 4.57 Å². The third kappa shape index (κ3) is 1.44. The third-order valence-corrected chi connectivity index (χ3v) is 5.16. The van der Waals surface area contributed by atoms with Crippen LogP contribution in [0.25, 0.3) is 11.2 Å². The van der Waals surface area contributed by atoms with E-state index in [1.807, 2.05) is 6.33 Å². The summed E-state index contributed by atoms with van der Waals surface area (Å²) < 4.78 is 3.25. The van der Waals surface area contributed by atoms with Crippen LogP contribution in [0, 0.1) is 15.5 Å². The first-order valence-corrected chi connectivity index (χ1v) is 7.24. The zero-order valence-electron chi connectivity index (χ0n) is 9.38. The first kappa shape index (κ1) is 10.2. The van der Waals surface area contributed by atoms with Gasteiger partial charge in [-0.2, -0.15) is 0 Å². The molecule has 4 rings (SSSR count). The number of hydrogen-bond donors (Lipinski definition) is 0. The lowest BCUT2D eigenvalue weighted by atomic mass is 9.95. The van der Waals surface area contributed by atoms with Crippen molar-refractivity contribution in [3.63, 3.8) is 0 Å². The predicted octanol–water partition coefficient (Wildman–Crippen LogP) is 2.79. The Bertz CT molecular complexity index is 579. The molecule has 0 aromatic carbocycles. The fourth-order valence-corrected chi connectivity index (χ4v) is 4.12. The lowest BCUT2D eigenvalue weighted by Gasteiger charge is -2.23. The van der Waals surface area contributed by atoms with Crippen LogP contribution in [-0.2, 0) is 0 Å². The van der Waals surface area contributed by atoms with Crippen LogP contribution in [0.5, 0.6) is 0 Å².